The predicted molar refractivity (Wildman–Crippen MR) is 128 cm³/mol. The van der Waals surface area contributed by atoms with Gasteiger partial charge in [0.15, 0.2) is 0 Å². The maximum atomic E-state index is 14.2. The summed E-state index contributed by atoms with van der Waals surface area (Å²) in [5, 5.41) is 6.18. The molecule has 0 N–H and O–H groups in total. The highest BCUT2D eigenvalue weighted by atomic mass is 35.5. The molecule has 33 heavy (non-hydrogen) atoms. The van der Waals surface area contributed by atoms with E-state index in [9.17, 15) is 13.6 Å². The molecule has 9 heteroatoms. The lowest BCUT2D eigenvalue weighted by Crippen LogP contribution is -2.21. The van der Waals surface area contributed by atoms with E-state index in [0.717, 1.165) is 15.8 Å². The molecule has 0 atom stereocenters. The first-order valence-electron chi connectivity index (χ1n) is 10.2. The first kappa shape index (κ1) is 21.7. The molecule has 5 rings (SSSR count). The van der Waals surface area contributed by atoms with Gasteiger partial charge >= 0.3 is 6.55 Å². The van der Waals surface area contributed by atoms with E-state index in [1.54, 1.807) is 42.6 Å². The van der Waals surface area contributed by atoms with Crippen molar-refractivity contribution >= 4 is 45.1 Å². The molecule has 0 saturated carbocycles. The van der Waals surface area contributed by atoms with Gasteiger partial charge in [-0.25, -0.2) is 0 Å². The van der Waals surface area contributed by atoms with Crippen LogP contribution in [0, 0.1) is 0 Å². The molecule has 0 amide bonds. The Labute approximate surface area is 197 Å². The van der Waals surface area contributed by atoms with Crippen LogP contribution in [-0.2, 0) is 13.6 Å². The third kappa shape index (κ3) is 3.34. The van der Waals surface area contributed by atoms with Gasteiger partial charge in [-0.1, -0.05) is 35.3 Å². The molecule has 0 radical (unpaired) electrons. The standard InChI is InChI=1S/C24H18Cl2F2N4O/c1-3-31-20(8-9-29-31)13-4-7-21-16(10-13)17-12-18(15-6-5-14(25)11-19(15)26)23(33)30(2)22(17)32(21)24(27)28/h4-12,24H,3H2,1-2H3. The van der Waals surface area contributed by atoms with Gasteiger partial charge in [-0.15, -0.1) is 0 Å². The van der Waals surface area contributed by atoms with Crippen LogP contribution in [0.15, 0.2) is 59.5 Å². The van der Waals surface area contributed by atoms with Crippen LogP contribution in [0.25, 0.3) is 44.3 Å². The average Bonchev–Trinajstić information content (AvgIpc) is 3.38. The number of aryl methyl sites for hydroxylation is 2. The Bertz CT molecular complexity index is 1600. The largest absolute Gasteiger partial charge is 0.320 e. The van der Waals surface area contributed by atoms with E-state index in [2.05, 4.69) is 5.10 Å². The van der Waals surface area contributed by atoms with Crippen molar-refractivity contribution < 1.29 is 8.78 Å². The van der Waals surface area contributed by atoms with Gasteiger partial charge in [0.2, 0.25) is 0 Å². The Morgan fingerprint density at radius 2 is 1.79 bits per heavy atom. The van der Waals surface area contributed by atoms with E-state index in [4.69, 9.17) is 23.2 Å². The SMILES string of the molecule is CCn1nccc1-c1ccc2c(c1)c1cc(-c3ccc(Cl)cc3Cl)c(=O)n(C)c1n2C(F)F. The van der Waals surface area contributed by atoms with Crippen LogP contribution in [0.2, 0.25) is 10.0 Å². The van der Waals surface area contributed by atoms with Crippen molar-refractivity contribution in [3.05, 3.63) is 75.1 Å². The summed E-state index contributed by atoms with van der Waals surface area (Å²) in [5.74, 6) is 0. The van der Waals surface area contributed by atoms with Crippen molar-refractivity contribution in [1.82, 2.24) is 18.9 Å². The first-order chi connectivity index (χ1) is 15.8. The summed E-state index contributed by atoms with van der Waals surface area (Å²) >= 11 is 12.4. The second-order valence-corrected chi connectivity index (χ2v) is 8.54. The van der Waals surface area contributed by atoms with Crippen LogP contribution < -0.4 is 5.56 Å². The summed E-state index contributed by atoms with van der Waals surface area (Å²) in [6.45, 7) is -0.171. The van der Waals surface area contributed by atoms with Crippen molar-refractivity contribution in [2.75, 3.05) is 0 Å². The summed E-state index contributed by atoms with van der Waals surface area (Å²) in [4.78, 5) is 13.2. The van der Waals surface area contributed by atoms with Gasteiger partial charge in [0.1, 0.15) is 5.65 Å². The zero-order chi connectivity index (χ0) is 23.4. The zero-order valence-corrected chi connectivity index (χ0v) is 19.2. The van der Waals surface area contributed by atoms with E-state index in [0.29, 0.717) is 44.0 Å². The van der Waals surface area contributed by atoms with E-state index < -0.39 is 12.1 Å². The average molecular weight is 487 g/mol. The number of alkyl halides is 2. The number of aromatic nitrogens is 4. The number of fused-ring (bicyclic) bond motifs is 3. The second kappa shape index (κ2) is 8.01. The van der Waals surface area contributed by atoms with Gasteiger partial charge < -0.3 is 0 Å². The van der Waals surface area contributed by atoms with Crippen molar-refractivity contribution in [2.45, 2.75) is 20.0 Å². The van der Waals surface area contributed by atoms with Crippen molar-refractivity contribution in [2.24, 2.45) is 7.05 Å². The number of benzene rings is 2. The lowest BCUT2D eigenvalue weighted by molar-refractivity contribution is 0.0785. The van der Waals surface area contributed by atoms with Gasteiger partial charge in [0, 0.05) is 52.3 Å². The van der Waals surface area contributed by atoms with E-state index in [-0.39, 0.29) is 5.65 Å². The first-order valence-corrected chi connectivity index (χ1v) is 11.0. The molecule has 5 aromatic rings. The summed E-state index contributed by atoms with van der Waals surface area (Å²) in [6, 6.07) is 13.7. The number of pyridine rings is 1. The Hall–Kier alpha value is -3.16. The molecule has 3 heterocycles. The van der Waals surface area contributed by atoms with E-state index in [1.165, 1.54) is 11.6 Å². The van der Waals surface area contributed by atoms with Crippen molar-refractivity contribution in [1.29, 1.82) is 0 Å². The Morgan fingerprint density at radius 1 is 1.00 bits per heavy atom. The number of rotatable bonds is 4. The van der Waals surface area contributed by atoms with Crippen molar-refractivity contribution in [3.8, 4) is 22.4 Å². The Balaban J connectivity index is 1.89. The molecule has 3 aromatic heterocycles. The Kier molecular flexibility index (Phi) is 5.26. The fourth-order valence-electron chi connectivity index (χ4n) is 4.38. The fourth-order valence-corrected chi connectivity index (χ4v) is 4.89. The molecule has 0 fully saturated rings. The third-order valence-electron chi connectivity index (χ3n) is 5.89. The summed E-state index contributed by atoms with van der Waals surface area (Å²) < 4.78 is 32.4. The highest BCUT2D eigenvalue weighted by Crippen LogP contribution is 2.37. The van der Waals surface area contributed by atoms with Gasteiger partial charge in [-0.2, -0.15) is 13.9 Å². The predicted octanol–water partition coefficient (Wildman–Crippen LogP) is 6.75. The third-order valence-corrected chi connectivity index (χ3v) is 6.43. The van der Waals surface area contributed by atoms with Gasteiger partial charge in [-0.05, 0) is 43.3 Å². The van der Waals surface area contributed by atoms with E-state index >= 15 is 0 Å². The minimum atomic E-state index is -2.83. The molecule has 0 aliphatic rings. The molecule has 0 saturated heterocycles. The van der Waals surface area contributed by atoms with Crippen LogP contribution in [-0.4, -0.2) is 18.9 Å². The monoisotopic (exact) mass is 486 g/mol. The summed E-state index contributed by atoms with van der Waals surface area (Å²) in [5.41, 5.74) is 2.56. The highest BCUT2D eigenvalue weighted by Gasteiger charge is 2.23. The molecule has 0 aliphatic heterocycles. The van der Waals surface area contributed by atoms with Crippen LogP contribution in [0.5, 0.6) is 0 Å². The zero-order valence-electron chi connectivity index (χ0n) is 17.7. The topological polar surface area (TPSA) is 44.8 Å². The maximum absolute atomic E-state index is 14.2. The minimum absolute atomic E-state index is 0.139. The van der Waals surface area contributed by atoms with Crippen LogP contribution in [0.3, 0.4) is 0 Å². The van der Waals surface area contributed by atoms with Gasteiger partial charge in [0.05, 0.1) is 16.2 Å². The lowest BCUT2D eigenvalue weighted by atomic mass is 10.0. The number of hydrogen-bond acceptors (Lipinski definition) is 2. The van der Waals surface area contributed by atoms with Gasteiger partial charge in [-0.3, -0.25) is 18.6 Å². The van der Waals surface area contributed by atoms with E-state index in [1.807, 2.05) is 23.7 Å². The molecule has 5 nitrogen and oxygen atoms in total. The molecular formula is C24H18Cl2F2N4O. The number of nitrogens with zero attached hydrogens (tertiary/aromatic N) is 4. The summed E-state index contributed by atoms with van der Waals surface area (Å²) in [6.07, 6.45) is 1.70. The lowest BCUT2D eigenvalue weighted by Gasteiger charge is -2.11. The van der Waals surface area contributed by atoms with Crippen LogP contribution >= 0.6 is 23.2 Å². The highest BCUT2D eigenvalue weighted by molar-refractivity contribution is 6.36. The van der Waals surface area contributed by atoms with Gasteiger partial charge in [0.25, 0.3) is 5.56 Å². The molecule has 0 aliphatic carbocycles. The van der Waals surface area contributed by atoms with Crippen molar-refractivity contribution in [3.63, 3.8) is 0 Å². The molecule has 168 valence electrons. The molecule has 0 bridgehead atoms. The molecule has 0 unspecified atom stereocenters. The number of halogens is 4. The normalized spacial score (nSPS) is 11.8. The molecule has 0 spiro atoms. The van der Waals surface area contributed by atoms with Crippen LogP contribution in [0.4, 0.5) is 8.78 Å². The number of hydrogen-bond donors (Lipinski definition) is 0. The quantitative estimate of drug-likeness (QED) is 0.282. The minimum Gasteiger partial charge on any atom is -0.297 e. The Morgan fingerprint density at radius 3 is 2.48 bits per heavy atom. The van der Waals surface area contributed by atoms with Crippen LogP contribution in [0.1, 0.15) is 13.5 Å². The smallest absolute Gasteiger partial charge is 0.297 e. The summed E-state index contributed by atoms with van der Waals surface area (Å²) in [7, 11) is 1.49. The second-order valence-electron chi connectivity index (χ2n) is 7.70. The molecule has 2 aromatic carbocycles. The maximum Gasteiger partial charge on any atom is 0.320 e. The fraction of sp³-hybridized carbons (Fsp3) is 0.167. The molecular weight excluding hydrogens is 469 g/mol.